The van der Waals surface area contributed by atoms with E-state index in [-0.39, 0.29) is 25.3 Å². The molecule has 0 radical (unpaired) electrons. The van der Waals surface area contributed by atoms with Crippen LogP contribution in [0.4, 0.5) is 4.79 Å². The Kier molecular flexibility index (Phi) is 6.48. The van der Waals surface area contributed by atoms with Crippen LogP contribution in [0.5, 0.6) is 0 Å². The van der Waals surface area contributed by atoms with Gasteiger partial charge in [0.25, 0.3) is 0 Å². The van der Waals surface area contributed by atoms with Gasteiger partial charge in [-0.3, -0.25) is 0 Å². The summed E-state index contributed by atoms with van der Waals surface area (Å²) >= 11 is 0. The Labute approximate surface area is 160 Å². The number of likely N-dealkylation sites (tertiary alicyclic amines) is 1. The van der Waals surface area contributed by atoms with Gasteiger partial charge in [-0.2, -0.15) is 0 Å². The molecule has 144 valence electrons. The summed E-state index contributed by atoms with van der Waals surface area (Å²) in [6.45, 7) is 2.95. The zero-order valence-corrected chi connectivity index (χ0v) is 15.7. The highest BCUT2D eigenvalue weighted by atomic mass is 16.6. The first-order chi connectivity index (χ1) is 13.1. The minimum absolute atomic E-state index is 0.160. The molecule has 2 aromatic carbocycles. The number of aliphatic hydroxyl groups is 1. The minimum Gasteiger partial charge on any atom is -0.445 e. The third-order valence-electron chi connectivity index (χ3n) is 5.12. The van der Waals surface area contributed by atoms with Gasteiger partial charge in [-0.15, -0.1) is 0 Å². The molecule has 1 N–H and O–H groups in total. The molecule has 0 aromatic heterocycles. The molecule has 27 heavy (non-hydrogen) atoms. The summed E-state index contributed by atoms with van der Waals surface area (Å²) in [5, 5.41) is 10.0. The molecule has 5 heteroatoms. The summed E-state index contributed by atoms with van der Waals surface area (Å²) in [7, 11) is 0. The number of carbonyl (C=O) groups excluding carboxylic acids is 1. The second-order valence-corrected chi connectivity index (χ2v) is 7.14. The lowest BCUT2D eigenvalue weighted by Crippen LogP contribution is -2.53. The molecule has 0 saturated carbocycles. The van der Waals surface area contributed by atoms with Gasteiger partial charge in [-0.05, 0) is 30.9 Å². The molecular formula is C22H27NO4. The highest BCUT2D eigenvalue weighted by molar-refractivity contribution is 5.68. The van der Waals surface area contributed by atoms with Crippen molar-refractivity contribution in [3.8, 4) is 0 Å². The van der Waals surface area contributed by atoms with Crippen LogP contribution in [0.2, 0.25) is 0 Å². The summed E-state index contributed by atoms with van der Waals surface area (Å²) in [6, 6.07) is 19.2. The third-order valence-corrected chi connectivity index (χ3v) is 5.12. The summed E-state index contributed by atoms with van der Waals surface area (Å²) in [5.74, 6) is 0. The summed E-state index contributed by atoms with van der Waals surface area (Å²) in [5.41, 5.74) is 1.15. The van der Waals surface area contributed by atoms with Crippen LogP contribution in [0.25, 0.3) is 0 Å². The second kappa shape index (κ2) is 9.02. The predicted molar refractivity (Wildman–Crippen MR) is 103 cm³/mol. The van der Waals surface area contributed by atoms with Crippen LogP contribution >= 0.6 is 0 Å². The van der Waals surface area contributed by atoms with E-state index in [1.807, 2.05) is 67.6 Å². The normalized spacial score (nSPS) is 18.9. The molecule has 1 heterocycles. The first-order valence-electron chi connectivity index (χ1n) is 9.38. The molecule has 1 saturated heterocycles. The van der Waals surface area contributed by atoms with Crippen molar-refractivity contribution in [2.24, 2.45) is 0 Å². The molecular weight excluding hydrogens is 342 g/mol. The van der Waals surface area contributed by atoms with Gasteiger partial charge in [0.15, 0.2) is 0 Å². The van der Waals surface area contributed by atoms with E-state index in [0.29, 0.717) is 13.2 Å². The lowest BCUT2D eigenvalue weighted by molar-refractivity contribution is -0.115. The van der Waals surface area contributed by atoms with Crippen molar-refractivity contribution in [2.75, 3.05) is 13.2 Å². The molecule has 5 nitrogen and oxygen atoms in total. The molecule has 2 atom stereocenters. The first kappa shape index (κ1) is 19.4. The Bertz CT molecular complexity index is 722. The Balaban J connectivity index is 1.62. The van der Waals surface area contributed by atoms with Crippen LogP contribution in [-0.4, -0.2) is 40.9 Å². The fraction of sp³-hybridized carbons (Fsp3) is 0.409. The molecule has 2 aromatic rings. The van der Waals surface area contributed by atoms with Crippen molar-refractivity contribution in [3.05, 3.63) is 71.8 Å². The van der Waals surface area contributed by atoms with Gasteiger partial charge in [0.2, 0.25) is 0 Å². The number of ether oxygens (including phenoxy) is 2. The molecule has 1 aliphatic heterocycles. The van der Waals surface area contributed by atoms with Crippen molar-refractivity contribution in [2.45, 2.75) is 44.6 Å². The van der Waals surface area contributed by atoms with E-state index in [2.05, 4.69) is 0 Å². The smallest absolute Gasteiger partial charge is 0.410 e. The number of hydrogen-bond acceptors (Lipinski definition) is 4. The molecule has 0 unspecified atom stereocenters. The SMILES string of the molecule is C[C@@](CO)(OCc1ccccc1)[C@@H]1CCCN1C(=O)OCc1ccccc1. The van der Waals surface area contributed by atoms with Crippen molar-refractivity contribution in [1.82, 2.24) is 4.90 Å². The standard InChI is InChI=1S/C22H27NO4/c1-22(17-24,27-16-19-11-6-3-7-12-19)20-13-8-14-23(20)21(25)26-15-18-9-4-2-5-10-18/h2-7,9-12,20,24H,8,13-17H2,1H3/t20-,22-/m0/s1. The van der Waals surface area contributed by atoms with Crippen LogP contribution in [0, 0.1) is 0 Å². The summed E-state index contributed by atoms with van der Waals surface area (Å²) < 4.78 is 11.6. The van der Waals surface area contributed by atoms with Gasteiger partial charge in [0, 0.05) is 6.54 Å². The maximum Gasteiger partial charge on any atom is 0.410 e. The minimum atomic E-state index is -0.835. The number of benzene rings is 2. The van der Waals surface area contributed by atoms with Gasteiger partial charge in [0.05, 0.1) is 19.3 Å². The van der Waals surface area contributed by atoms with E-state index in [0.717, 1.165) is 24.0 Å². The fourth-order valence-electron chi connectivity index (χ4n) is 3.49. The highest BCUT2D eigenvalue weighted by Crippen LogP contribution is 2.31. The van der Waals surface area contributed by atoms with Gasteiger partial charge < -0.3 is 19.5 Å². The van der Waals surface area contributed by atoms with Gasteiger partial charge in [-0.1, -0.05) is 60.7 Å². The van der Waals surface area contributed by atoms with E-state index in [9.17, 15) is 9.90 Å². The van der Waals surface area contributed by atoms with Crippen LogP contribution in [0.1, 0.15) is 30.9 Å². The Morgan fingerprint density at radius 1 is 1.07 bits per heavy atom. The average Bonchev–Trinajstić information content (AvgIpc) is 3.22. The highest BCUT2D eigenvalue weighted by Gasteiger charge is 2.44. The van der Waals surface area contributed by atoms with E-state index in [1.165, 1.54) is 0 Å². The summed E-state index contributed by atoms with van der Waals surface area (Å²) in [4.78, 5) is 14.3. The third kappa shape index (κ3) is 4.87. The predicted octanol–water partition coefficient (Wildman–Crippen LogP) is 3.76. The molecule has 0 spiro atoms. The zero-order valence-electron chi connectivity index (χ0n) is 15.7. The number of hydrogen-bond donors (Lipinski definition) is 1. The zero-order chi connectivity index (χ0) is 19.1. The van der Waals surface area contributed by atoms with Crippen molar-refractivity contribution in [3.63, 3.8) is 0 Å². The molecule has 1 aliphatic rings. The average molecular weight is 369 g/mol. The van der Waals surface area contributed by atoms with E-state index >= 15 is 0 Å². The number of carbonyl (C=O) groups is 1. The maximum absolute atomic E-state index is 12.6. The Morgan fingerprint density at radius 3 is 2.26 bits per heavy atom. The Morgan fingerprint density at radius 2 is 1.67 bits per heavy atom. The van der Waals surface area contributed by atoms with Crippen LogP contribution in [0.15, 0.2) is 60.7 Å². The molecule has 0 bridgehead atoms. The molecule has 1 fully saturated rings. The number of amides is 1. The van der Waals surface area contributed by atoms with Crippen LogP contribution in [0.3, 0.4) is 0 Å². The summed E-state index contributed by atoms with van der Waals surface area (Å²) in [6.07, 6.45) is 1.30. The maximum atomic E-state index is 12.6. The first-order valence-corrected chi connectivity index (χ1v) is 9.38. The number of nitrogens with zero attached hydrogens (tertiary/aromatic N) is 1. The van der Waals surface area contributed by atoms with Crippen LogP contribution < -0.4 is 0 Å². The monoisotopic (exact) mass is 369 g/mol. The van der Waals surface area contributed by atoms with Crippen molar-refractivity contribution >= 4 is 6.09 Å². The number of rotatable bonds is 7. The molecule has 1 amide bonds. The van der Waals surface area contributed by atoms with Gasteiger partial charge >= 0.3 is 6.09 Å². The van der Waals surface area contributed by atoms with Gasteiger partial charge in [-0.25, -0.2) is 4.79 Å². The number of aliphatic hydroxyl groups excluding tert-OH is 1. The van der Waals surface area contributed by atoms with Crippen molar-refractivity contribution < 1.29 is 19.4 Å². The van der Waals surface area contributed by atoms with E-state index < -0.39 is 5.60 Å². The lowest BCUT2D eigenvalue weighted by atomic mass is 9.94. The quantitative estimate of drug-likeness (QED) is 0.807. The molecule has 3 rings (SSSR count). The van der Waals surface area contributed by atoms with Gasteiger partial charge in [0.1, 0.15) is 12.2 Å². The van der Waals surface area contributed by atoms with Crippen molar-refractivity contribution in [1.29, 1.82) is 0 Å². The van der Waals surface area contributed by atoms with E-state index in [4.69, 9.17) is 9.47 Å². The fourth-order valence-corrected chi connectivity index (χ4v) is 3.49. The topological polar surface area (TPSA) is 59.0 Å². The molecule has 0 aliphatic carbocycles. The van der Waals surface area contributed by atoms with E-state index in [1.54, 1.807) is 4.90 Å². The van der Waals surface area contributed by atoms with Crippen LogP contribution in [-0.2, 0) is 22.7 Å². The largest absolute Gasteiger partial charge is 0.445 e. The second-order valence-electron chi connectivity index (χ2n) is 7.14. The Hall–Kier alpha value is -2.37. The lowest BCUT2D eigenvalue weighted by Gasteiger charge is -2.38.